The van der Waals surface area contributed by atoms with Crippen LogP contribution in [0.15, 0.2) is 35.2 Å². The number of alkyl halides is 2. The molecule has 0 aliphatic rings. The zero-order valence-electron chi connectivity index (χ0n) is 12.9. The van der Waals surface area contributed by atoms with Gasteiger partial charge in [-0.2, -0.15) is 0 Å². The molecule has 25 heavy (non-hydrogen) atoms. The lowest BCUT2D eigenvalue weighted by atomic mass is 10.1. The molecule has 2 rings (SSSR count). The molecule has 0 bridgehead atoms. The van der Waals surface area contributed by atoms with Crippen molar-refractivity contribution in [2.75, 3.05) is 11.1 Å². The van der Waals surface area contributed by atoms with Gasteiger partial charge in [0.05, 0.1) is 11.3 Å². The standard InChI is InChI=1S/C15H14F3N3O3S/c1-7-4-12(19)13(25(20,23)24)6-9(7)15(22)21-8-2-3-11(16)10(5-8)14(17)18/h2-6,14H,19H2,1H3,(H,21,22)(H2,20,23,24). The minimum atomic E-state index is -4.16. The third kappa shape index (κ3) is 4.09. The molecule has 0 saturated carbocycles. The van der Waals surface area contributed by atoms with Gasteiger partial charge in [0, 0.05) is 11.3 Å². The number of hydrogen-bond acceptors (Lipinski definition) is 4. The van der Waals surface area contributed by atoms with Crippen molar-refractivity contribution in [3.05, 3.63) is 52.8 Å². The number of rotatable bonds is 4. The van der Waals surface area contributed by atoms with E-state index in [1.165, 1.54) is 13.0 Å². The van der Waals surface area contributed by atoms with Crippen LogP contribution in [0, 0.1) is 12.7 Å². The maximum absolute atomic E-state index is 13.3. The number of halogens is 3. The number of carbonyl (C=O) groups is 1. The summed E-state index contributed by atoms with van der Waals surface area (Å²) >= 11 is 0. The Bertz CT molecular complexity index is 947. The Morgan fingerprint density at radius 2 is 1.84 bits per heavy atom. The van der Waals surface area contributed by atoms with Gasteiger partial charge in [0.15, 0.2) is 0 Å². The molecular formula is C15H14F3N3O3S. The fourth-order valence-electron chi connectivity index (χ4n) is 2.19. The maximum Gasteiger partial charge on any atom is 0.266 e. The van der Waals surface area contributed by atoms with Gasteiger partial charge in [-0.1, -0.05) is 0 Å². The second kappa shape index (κ2) is 6.73. The monoisotopic (exact) mass is 373 g/mol. The Morgan fingerprint density at radius 3 is 2.40 bits per heavy atom. The number of nitrogens with two attached hydrogens (primary N) is 2. The molecule has 0 heterocycles. The van der Waals surface area contributed by atoms with Crippen molar-refractivity contribution in [2.45, 2.75) is 18.2 Å². The number of nitrogens with one attached hydrogen (secondary N) is 1. The fourth-order valence-corrected chi connectivity index (χ4v) is 2.86. The summed E-state index contributed by atoms with van der Waals surface area (Å²) in [4.78, 5) is 11.9. The van der Waals surface area contributed by atoms with Crippen LogP contribution in [-0.4, -0.2) is 14.3 Å². The van der Waals surface area contributed by atoms with Crippen LogP contribution in [0.2, 0.25) is 0 Å². The van der Waals surface area contributed by atoms with E-state index in [0.29, 0.717) is 5.56 Å². The Hall–Kier alpha value is -2.59. The average Bonchev–Trinajstić information content (AvgIpc) is 2.47. The van der Waals surface area contributed by atoms with E-state index in [2.05, 4.69) is 5.32 Å². The summed E-state index contributed by atoms with van der Waals surface area (Å²) in [7, 11) is -4.16. The van der Waals surface area contributed by atoms with Gasteiger partial charge in [0.25, 0.3) is 12.3 Å². The molecule has 2 aromatic carbocycles. The van der Waals surface area contributed by atoms with Crippen molar-refractivity contribution >= 4 is 27.3 Å². The maximum atomic E-state index is 13.3. The zero-order valence-corrected chi connectivity index (χ0v) is 13.7. The van der Waals surface area contributed by atoms with Crippen molar-refractivity contribution in [1.82, 2.24) is 0 Å². The summed E-state index contributed by atoms with van der Waals surface area (Å²) in [6.07, 6.45) is -3.05. The van der Waals surface area contributed by atoms with Crippen molar-refractivity contribution in [2.24, 2.45) is 5.14 Å². The van der Waals surface area contributed by atoms with Gasteiger partial charge >= 0.3 is 0 Å². The van der Waals surface area contributed by atoms with Crippen LogP contribution < -0.4 is 16.2 Å². The SMILES string of the molecule is Cc1cc(N)c(S(N)(=O)=O)cc1C(=O)Nc1ccc(F)c(C(F)F)c1. The Kier molecular flexibility index (Phi) is 5.04. The lowest BCUT2D eigenvalue weighted by Crippen LogP contribution is -2.18. The van der Waals surface area contributed by atoms with Gasteiger partial charge in [0.2, 0.25) is 10.0 Å². The molecule has 1 amide bonds. The molecule has 134 valence electrons. The third-order valence-electron chi connectivity index (χ3n) is 3.40. The van der Waals surface area contributed by atoms with Gasteiger partial charge < -0.3 is 11.1 Å². The van der Waals surface area contributed by atoms with Crippen LogP contribution >= 0.6 is 0 Å². The van der Waals surface area contributed by atoms with Crippen molar-refractivity contribution < 1.29 is 26.4 Å². The number of sulfonamides is 1. The van der Waals surface area contributed by atoms with Crippen molar-refractivity contribution in [1.29, 1.82) is 0 Å². The molecule has 0 aliphatic carbocycles. The average molecular weight is 373 g/mol. The lowest BCUT2D eigenvalue weighted by Gasteiger charge is -2.12. The zero-order chi connectivity index (χ0) is 18.9. The first kappa shape index (κ1) is 18.7. The molecule has 0 fully saturated rings. The van der Waals surface area contributed by atoms with Crippen LogP contribution in [0.1, 0.15) is 27.9 Å². The molecule has 0 aliphatic heterocycles. The molecule has 0 saturated heterocycles. The van der Waals surface area contributed by atoms with E-state index in [0.717, 1.165) is 24.3 Å². The first-order valence-corrected chi connectivity index (χ1v) is 8.37. The van der Waals surface area contributed by atoms with E-state index in [9.17, 15) is 26.4 Å². The number of nitrogen functional groups attached to an aromatic ring is 1. The molecule has 6 nitrogen and oxygen atoms in total. The summed E-state index contributed by atoms with van der Waals surface area (Å²) in [5.41, 5.74) is 4.80. The fraction of sp³-hybridized carbons (Fsp3) is 0.133. The minimum Gasteiger partial charge on any atom is -0.398 e. The lowest BCUT2D eigenvalue weighted by molar-refractivity contribution is 0.102. The number of hydrogen-bond donors (Lipinski definition) is 3. The van der Waals surface area contributed by atoms with Crippen LogP contribution in [-0.2, 0) is 10.0 Å². The number of amides is 1. The van der Waals surface area contributed by atoms with Crippen LogP contribution in [0.4, 0.5) is 24.5 Å². The number of aryl methyl sites for hydroxylation is 1. The molecule has 5 N–H and O–H groups in total. The Morgan fingerprint density at radius 1 is 1.20 bits per heavy atom. The van der Waals surface area contributed by atoms with E-state index in [4.69, 9.17) is 10.9 Å². The number of benzene rings is 2. The van der Waals surface area contributed by atoms with E-state index in [-0.39, 0.29) is 16.9 Å². The van der Waals surface area contributed by atoms with E-state index >= 15 is 0 Å². The molecule has 10 heteroatoms. The van der Waals surface area contributed by atoms with Crippen LogP contribution in [0.3, 0.4) is 0 Å². The molecule has 0 aromatic heterocycles. The summed E-state index contributed by atoms with van der Waals surface area (Å²) in [5.74, 6) is -1.89. The van der Waals surface area contributed by atoms with Crippen molar-refractivity contribution in [3.63, 3.8) is 0 Å². The smallest absolute Gasteiger partial charge is 0.266 e. The topological polar surface area (TPSA) is 115 Å². The van der Waals surface area contributed by atoms with Crippen LogP contribution in [0.5, 0.6) is 0 Å². The summed E-state index contributed by atoms with van der Waals surface area (Å²) in [6.45, 7) is 1.51. The predicted octanol–water partition coefficient (Wildman–Crippen LogP) is 2.55. The van der Waals surface area contributed by atoms with Crippen LogP contribution in [0.25, 0.3) is 0 Å². The summed E-state index contributed by atoms with van der Waals surface area (Å²) in [5, 5.41) is 7.34. The first-order valence-electron chi connectivity index (χ1n) is 6.82. The van der Waals surface area contributed by atoms with Gasteiger partial charge in [-0.15, -0.1) is 0 Å². The summed E-state index contributed by atoms with van der Waals surface area (Å²) < 4.78 is 61.7. The second-order valence-corrected chi connectivity index (χ2v) is 6.77. The molecule has 0 atom stereocenters. The highest BCUT2D eigenvalue weighted by molar-refractivity contribution is 7.89. The highest BCUT2D eigenvalue weighted by Gasteiger charge is 2.19. The number of carbonyl (C=O) groups excluding carboxylic acids is 1. The molecule has 0 radical (unpaired) electrons. The Labute approximate surface area is 141 Å². The summed E-state index contributed by atoms with van der Waals surface area (Å²) in [6, 6.07) is 4.94. The van der Waals surface area contributed by atoms with Gasteiger partial charge in [0.1, 0.15) is 10.7 Å². The molecule has 2 aromatic rings. The van der Waals surface area contributed by atoms with Gasteiger partial charge in [-0.25, -0.2) is 26.7 Å². The first-order chi connectivity index (χ1) is 11.5. The number of anilines is 2. The Balaban J connectivity index is 2.41. The van der Waals surface area contributed by atoms with Gasteiger partial charge in [-0.05, 0) is 42.8 Å². The highest BCUT2D eigenvalue weighted by atomic mass is 32.2. The third-order valence-corrected chi connectivity index (χ3v) is 4.36. The molecule has 0 unspecified atom stereocenters. The predicted molar refractivity (Wildman–Crippen MR) is 86.3 cm³/mol. The largest absolute Gasteiger partial charge is 0.398 e. The normalized spacial score (nSPS) is 11.6. The van der Waals surface area contributed by atoms with E-state index in [1.54, 1.807) is 0 Å². The second-order valence-electron chi connectivity index (χ2n) is 5.24. The minimum absolute atomic E-state index is 0.0684. The highest BCUT2D eigenvalue weighted by Crippen LogP contribution is 2.26. The van der Waals surface area contributed by atoms with E-state index in [1.807, 2.05) is 0 Å². The van der Waals surface area contributed by atoms with Gasteiger partial charge in [-0.3, -0.25) is 4.79 Å². The van der Waals surface area contributed by atoms with Crippen molar-refractivity contribution in [3.8, 4) is 0 Å². The molecule has 0 spiro atoms. The van der Waals surface area contributed by atoms with E-state index < -0.39 is 38.6 Å². The molecular weight excluding hydrogens is 359 g/mol. The number of primary sulfonamides is 1. The quantitative estimate of drug-likeness (QED) is 0.714.